The number of benzene rings is 2. The first kappa shape index (κ1) is 22.4. The van der Waals surface area contributed by atoms with E-state index in [0.717, 1.165) is 5.56 Å². The molecular formula is C21H24ClNO6. The molecule has 0 aliphatic carbocycles. The Morgan fingerprint density at radius 3 is 2.07 bits per heavy atom. The van der Waals surface area contributed by atoms with Crippen LogP contribution in [0, 0.1) is 0 Å². The van der Waals surface area contributed by atoms with Crippen molar-refractivity contribution in [2.75, 3.05) is 21.3 Å². The van der Waals surface area contributed by atoms with E-state index >= 15 is 0 Å². The molecular weight excluding hydrogens is 398 g/mol. The number of hydrogen-bond acceptors (Lipinski definition) is 6. The molecule has 7 nitrogen and oxygen atoms in total. The number of amides is 1. The SMILES string of the molecule is COc1cc(CC(=O)OC(C)C(=O)NCc2ccc(Cl)cc2)cc(OC)c1OC. The summed E-state index contributed by atoms with van der Waals surface area (Å²) in [6, 6.07) is 10.4. The summed E-state index contributed by atoms with van der Waals surface area (Å²) in [6.45, 7) is 1.83. The van der Waals surface area contributed by atoms with Crippen molar-refractivity contribution in [2.45, 2.75) is 26.0 Å². The zero-order valence-electron chi connectivity index (χ0n) is 16.8. The van der Waals surface area contributed by atoms with E-state index in [4.69, 9.17) is 30.5 Å². The van der Waals surface area contributed by atoms with Gasteiger partial charge in [0.2, 0.25) is 5.75 Å². The largest absolute Gasteiger partial charge is 0.493 e. The van der Waals surface area contributed by atoms with Crippen LogP contribution in [-0.2, 0) is 27.3 Å². The fourth-order valence-electron chi connectivity index (χ4n) is 2.63. The Morgan fingerprint density at radius 2 is 1.55 bits per heavy atom. The molecule has 156 valence electrons. The van der Waals surface area contributed by atoms with Crippen molar-refractivity contribution in [3.05, 3.63) is 52.5 Å². The van der Waals surface area contributed by atoms with E-state index in [1.54, 1.807) is 24.3 Å². The third-order valence-corrected chi connectivity index (χ3v) is 4.38. The minimum Gasteiger partial charge on any atom is -0.493 e. The topological polar surface area (TPSA) is 83.1 Å². The Hall–Kier alpha value is -2.93. The van der Waals surface area contributed by atoms with Crippen LogP contribution in [0.1, 0.15) is 18.1 Å². The van der Waals surface area contributed by atoms with E-state index in [9.17, 15) is 9.59 Å². The lowest BCUT2D eigenvalue weighted by Crippen LogP contribution is -2.35. The number of nitrogens with one attached hydrogen (secondary N) is 1. The molecule has 29 heavy (non-hydrogen) atoms. The van der Waals surface area contributed by atoms with Crippen LogP contribution in [0.3, 0.4) is 0 Å². The Morgan fingerprint density at radius 1 is 0.966 bits per heavy atom. The second-order valence-corrected chi connectivity index (χ2v) is 6.62. The minimum absolute atomic E-state index is 0.0501. The molecule has 0 heterocycles. The van der Waals surface area contributed by atoms with E-state index in [1.807, 2.05) is 12.1 Å². The van der Waals surface area contributed by atoms with Crippen molar-refractivity contribution in [1.29, 1.82) is 0 Å². The van der Waals surface area contributed by atoms with Crippen molar-refractivity contribution in [1.82, 2.24) is 5.32 Å². The van der Waals surface area contributed by atoms with Gasteiger partial charge in [-0.1, -0.05) is 23.7 Å². The highest BCUT2D eigenvalue weighted by atomic mass is 35.5. The zero-order valence-corrected chi connectivity index (χ0v) is 17.5. The Balaban J connectivity index is 1.93. The molecule has 0 aliphatic rings. The average molecular weight is 422 g/mol. The van der Waals surface area contributed by atoms with Crippen LogP contribution >= 0.6 is 11.6 Å². The first-order chi connectivity index (χ1) is 13.9. The van der Waals surface area contributed by atoms with E-state index in [-0.39, 0.29) is 6.42 Å². The zero-order chi connectivity index (χ0) is 21.4. The number of rotatable bonds is 9. The highest BCUT2D eigenvalue weighted by molar-refractivity contribution is 6.30. The van der Waals surface area contributed by atoms with E-state index < -0.39 is 18.0 Å². The predicted octanol–water partition coefficient (Wildman–Crippen LogP) is 3.16. The summed E-state index contributed by atoms with van der Waals surface area (Å²) >= 11 is 5.84. The van der Waals surface area contributed by atoms with Gasteiger partial charge in [-0.2, -0.15) is 0 Å². The Bertz CT molecular complexity index is 828. The summed E-state index contributed by atoms with van der Waals surface area (Å²) in [5.74, 6) is 0.362. The second kappa shape index (κ2) is 10.6. The molecule has 0 saturated carbocycles. The van der Waals surface area contributed by atoms with Crippen molar-refractivity contribution in [2.24, 2.45) is 0 Å². The van der Waals surface area contributed by atoms with Crippen molar-refractivity contribution in [3.63, 3.8) is 0 Å². The summed E-state index contributed by atoms with van der Waals surface area (Å²) in [7, 11) is 4.48. The highest BCUT2D eigenvalue weighted by Crippen LogP contribution is 2.38. The molecule has 0 saturated heterocycles. The van der Waals surface area contributed by atoms with Gasteiger partial charge in [0.1, 0.15) is 0 Å². The normalized spacial score (nSPS) is 11.3. The number of hydrogen-bond donors (Lipinski definition) is 1. The molecule has 1 N–H and O–H groups in total. The van der Waals surface area contributed by atoms with Crippen molar-refractivity contribution < 1.29 is 28.5 Å². The molecule has 1 amide bonds. The van der Waals surface area contributed by atoms with Crippen molar-refractivity contribution in [3.8, 4) is 17.2 Å². The Kier molecular flexibility index (Phi) is 8.15. The van der Waals surface area contributed by atoms with Crippen LogP contribution < -0.4 is 19.5 Å². The van der Waals surface area contributed by atoms with Gasteiger partial charge in [0, 0.05) is 11.6 Å². The molecule has 0 radical (unpaired) electrons. The summed E-state index contributed by atoms with van der Waals surface area (Å²) in [5.41, 5.74) is 1.50. The van der Waals surface area contributed by atoms with Gasteiger partial charge < -0.3 is 24.3 Å². The summed E-state index contributed by atoms with van der Waals surface area (Å²) in [5, 5.41) is 3.34. The summed E-state index contributed by atoms with van der Waals surface area (Å²) in [4.78, 5) is 24.4. The maximum Gasteiger partial charge on any atom is 0.311 e. The average Bonchev–Trinajstić information content (AvgIpc) is 2.72. The lowest BCUT2D eigenvalue weighted by Gasteiger charge is -2.15. The van der Waals surface area contributed by atoms with Gasteiger partial charge >= 0.3 is 5.97 Å². The molecule has 1 unspecified atom stereocenters. The standard InChI is InChI=1S/C21H24ClNO6/c1-13(21(25)23-12-14-5-7-16(22)8-6-14)29-19(24)11-15-9-17(26-2)20(28-4)18(10-15)27-3/h5-10,13H,11-12H2,1-4H3,(H,23,25). The fraction of sp³-hybridized carbons (Fsp3) is 0.333. The number of carbonyl (C=O) groups excluding carboxylic acids is 2. The molecule has 0 spiro atoms. The third kappa shape index (κ3) is 6.29. The van der Waals surface area contributed by atoms with E-state index in [0.29, 0.717) is 34.4 Å². The molecule has 2 aromatic carbocycles. The molecule has 0 fully saturated rings. The lowest BCUT2D eigenvalue weighted by molar-refractivity contribution is -0.154. The van der Waals surface area contributed by atoms with Crippen LogP contribution in [0.25, 0.3) is 0 Å². The van der Waals surface area contributed by atoms with Gasteiger partial charge in [0.05, 0.1) is 27.8 Å². The van der Waals surface area contributed by atoms with Gasteiger partial charge in [0.25, 0.3) is 5.91 Å². The number of ether oxygens (including phenoxy) is 4. The summed E-state index contributed by atoms with van der Waals surface area (Å²) < 4.78 is 21.0. The monoisotopic (exact) mass is 421 g/mol. The van der Waals surface area contributed by atoms with Gasteiger partial charge in [-0.05, 0) is 42.3 Å². The second-order valence-electron chi connectivity index (χ2n) is 6.19. The third-order valence-electron chi connectivity index (χ3n) is 4.13. The Labute approximate surface area is 174 Å². The summed E-state index contributed by atoms with van der Waals surface area (Å²) in [6.07, 6.45) is -0.984. The van der Waals surface area contributed by atoms with E-state index in [1.165, 1.54) is 28.3 Å². The van der Waals surface area contributed by atoms with Gasteiger partial charge in [-0.15, -0.1) is 0 Å². The van der Waals surface area contributed by atoms with Crippen molar-refractivity contribution >= 4 is 23.5 Å². The quantitative estimate of drug-likeness (QED) is 0.626. The van der Waals surface area contributed by atoms with E-state index in [2.05, 4.69) is 5.32 Å². The van der Waals surface area contributed by atoms with Crippen LogP contribution in [0.2, 0.25) is 5.02 Å². The van der Waals surface area contributed by atoms with Gasteiger partial charge in [-0.3, -0.25) is 9.59 Å². The number of esters is 1. The number of halogens is 1. The van der Waals surface area contributed by atoms with Gasteiger partial charge in [-0.25, -0.2) is 0 Å². The molecule has 0 aliphatic heterocycles. The van der Waals surface area contributed by atoms with Crippen LogP contribution in [-0.4, -0.2) is 39.3 Å². The van der Waals surface area contributed by atoms with Crippen LogP contribution in [0.5, 0.6) is 17.2 Å². The van der Waals surface area contributed by atoms with Gasteiger partial charge in [0.15, 0.2) is 17.6 Å². The fourth-order valence-corrected chi connectivity index (χ4v) is 2.76. The molecule has 0 aromatic heterocycles. The molecule has 0 bridgehead atoms. The molecule has 2 aromatic rings. The molecule has 1 atom stereocenters. The maximum atomic E-state index is 12.3. The minimum atomic E-state index is -0.933. The smallest absolute Gasteiger partial charge is 0.311 e. The predicted molar refractivity (Wildman–Crippen MR) is 109 cm³/mol. The van der Waals surface area contributed by atoms with Crippen LogP contribution in [0.15, 0.2) is 36.4 Å². The maximum absolute atomic E-state index is 12.3. The highest BCUT2D eigenvalue weighted by Gasteiger charge is 2.20. The first-order valence-corrected chi connectivity index (χ1v) is 9.26. The first-order valence-electron chi connectivity index (χ1n) is 8.88. The van der Waals surface area contributed by atoms with Crippen LogP contribution in [0.4, 0.5) is 0 Å². The lowest BCUT2D eigenvalue weighted by atomic mass is 10.1. The molecule has 2 rings (SSSR count). The number of methoxy groups -OCH3 is 3. The number of carbonyl (C=O) groups is 2. The molecule has 8 heteroatoms.